The van der Waals surface area contributed by atoms with E-state index in [1.165, 1.54) is 21.7 Å². The van der Waals surface area contributed by atoms with E-state index in [1.54, 1.807) is 0 Å². The van der Waals surface area contributed by atoms with Gasteiger partial charge in [0.05, 0.1) is 6.04 Å². The van der Waals surface area contributed by atoms with Crippen LogP contribution in [0.3, 0.4) is 0 Å². The largest absolute Gasteiger partial charge is 0.377 e. The van der Waals surface area contributed by atoms with Crippen LogP contribution in [0.4, 0.5) is 5.69 Å². The van der Waals surface area contributed by atoms with Gasteiger partial charge in [-0.1, -0.05) is 50.2 Å². The van der Waals surface area contributed by atoms with Gasteiger partial charge in [0, 0.05) is 16.3 Å². The zero-order valence-corrected chi connectivity index (χ0v) is 12.2. The predicted molar refractivity (Wildman–Crippen MR) is 84.1 cm³/mol. The van der Waals surface area contributed by atoms with Crippen molar-refractivity contribution in [3.8, 4) is 0 Å². The molecule has 2 heteroatoms. The molecule has 0 saturated carbocycles. The lowest BCUT2D eigenvalue weighted by Crippen LogP contribution is -2.11. The molecule has 2 aromatic rings. The van der Waals surface area contributed by atoms with E-state index in [4.69, 9.17) is 0 Å². The molecular weight excluding hydrogens is 250 g/mol. The van der Waals surface area contributed by atoms with Gasteiger partial charge < -0.3 is 5.32 Å². The Bertz CT molecular complexity index is 577. The highest BCUT2D eigenvalue weighted by molar-refractivity contribution is 7.99. The summed E-state index contributed by atoms with van der Waals surface area (Å²) in [7, 11) is 0. The highest BCUT2D eigenvalue weighted by atomic mass is 32.2. The number of nitrogens with one attached hydrogen (secondary N) is 1. The zero-order valence-electron chi connectivity index (χ0n) is 11.4. The number of hydrogen-bond donors (Lipinski definition) is 1. The summed E-state index contributed by atoms with van der Waals surface area (Å²) >= 11 is 1.95. The topological polar surface area (TPSA) is 12.0 Å². The Balaban J connectivity index is 1.88. The summed E-state index contributed by atoms with van der Waals surface area (Å²) in [5, 5.41) is 3.73. The molecule has 0 bridgehead atoms. The molecule has 1 aliphatic rings. The van der Waals surface area contributed by atoms with E-state index in [-0.39, 0.29) is 0 Å². The van der Waals surface area contributed by atoms with Crippen LogP contribution < -0.4 is 5.32 Å². The minimum absolute atomic E-state index is 0.432. The normalized spacial score (nSPS) is 17.5. The van der Waals surface area contributed by atoms with Gasteiger partial charge in [0.2, 0.25) is 0 Å². The van der Waals surface area contributed by atoms with Gasteiger partial charge in [-0.2, -0.15) is 0 Å². The number of anilines is 1. The summed E-state index contributed by atoms with van der Waals surface area (Å²) in [6.07, 6.45) is 0. The van der Waals surface area contributed by atoms with Gasteiger partial charge in [-0.25, -0.2) is 0 Å². The molecule has 0 aromatic heterocycles. The molecule has 1 N–H and O–H groups in total. The average Bonchev–Trinajstić information content (AvgIpc) is 2.83. The van der Waals surface area contributed by atoms with E-state index < -0.39 is 0 Å². The van der Waals surface area contributed by atoms with Crippen molar-refractivity contribution in [3.05, 3.63) is 59.7 Å². The van der Waals surface area contributed by atoms with E-state index in [9.17, 15) is 0 Å². The summed E-state index contributed by atoms with van der Waals surface area (Å²) in [5.41, 5.74) is 4.11. The van der Waals surface area contributed by atoms with Crippen molar-refractivity contribution in [1.29, 1.82) is 0 Å². The number of rotatable bonds is 3. The molecule has 0 aliphatic carbocycles. The third kappa shape index (κ3) is 2.50. The first-order valence-corrected chi connectivity index (χ1v) is 7.81. The Morgan fingerprint density at radius 2 is 1.79 bits per heavy atom. The highest BCUT2D eigenvalue weighted by Crippen LogP contribution is 2.40. The van der Waals surface area contributed by atoms with Crippen LogP contribution in [0, 0.1) is 0 Å². The van der Waals surface area contributed by atoms with Gasteiger partial charge in [0.1, 0.15) is 0 Å². The molecule has 0 amide bonds. The molecule has 2 aromatic carbocycles. The van der Waals surface area contributed by atoms with Gasteiger partial charge in [-0.3, -0.25) is 0 Å². The quantitative estimate of drug-likeness (QED) is 0.835. The van der Waals surface area contributed by atoms with Crippen LogP contribution in [-0.4, -0.2) is 5.75 Å². The maximum Gasteiger partial charge on any atom is 0.0618 e. The molecule has 0 saturated heterocycles. The Hall–Kier alpha value is -1.41. The summed E-state index contributed by atoms with van der Waals surface area (Å²) in [5.74, 6) is 1.67. The fourth-order valence-electron chi connectivity index (χ4n) is 2.60. The molecule has 1 atom stereocenters. The fourth-order valence-corrected chi connectivity index (χ4v) is 3.76. The lowest BCUT2D eigenvalue weighted by Gasteiger charge is -2.19. The highest BCUT2D eigenvalue weighted by Gasteiger charge is 2.23. The molecule has 98 valence electrons. The number of thioether (sulfide) groups is 1. The third-order valence-corrected chi connectivity index (χ3v) is 4.80. The van der Waals surface area contributed by atoms with Gasteiger partial charge in [0.25, 0.3) is 0 Å². The van der Waals surface area contributed by atoms with E-state index in [1.807, 2.05) is 11.8 Å². The summed E-state index contributed by atoms with van der Waals surface area (Å²) in [6.45, 7) is 4.50. The predicted octanol–water partition coefficient (Wildman–Crippen LogP) is 5.07. The second-order valence-electron chi connectivity index (χ2n) is 5.29. The smallest absolute Gasteiger partial charge is 0.0618 e. The van der Waals surface area contributed by atoms with Crippen LogP contribution in [0.15, 0.2) is 53.4 Å². The average molecular weight is 269 g/mol. The first kappa shape index (κ1) is 12.6. The number of fused-ring (bicyclic) bond motifs is 1. The molecule has 1 nitrogen and oxygen atoms in total. The van der Waals surface area contributed by atoms with Crippen molar-refractivity contribution in [2.24, 2.45) is 0 Å². The minimum atomic E-state index is 0.432. The maximum absolute atomic E-state index is 3.73. The van der Waals surface area contributed by atoms with Gasteiger partial charge in [-0.05, 0) is 29.2 Å². The van der Waals surface area contributed by atoms with Crippen molar-refractivity contribution in [3.63, 3.8) is 0 Å². The lowest BCUT2D eigenvalue weighted by molar-refractivity contribution is 0.846. The van der Waals surface area contributed by atoms with Gasteiger partial charge in [-0.15, -0.1) is 11.8 Å². The van der Waals surface area contributed by atoms with Crippen LogP contribution in [0.5, 0.6) is 0 Å². The molecular formula is C17H19NS. The molecule has 1 unspecified atom stereocenters. The summed E-state index contributed by atoms with van der Waals surface area (Å²) in [6, 6.07) is 17.8. The van der Waals surface area contributed by atoms with Crippen molar-refractivity contribution in [2.45, 2.75) is 30.7 Å². The van der Waals surface area contributed by atoms with E-state index in [2.05, 4.69) is 67.7 Å². The molecule has 3 rings (SSSR count). The van der Waals surface area contributed by atoms with Crippen molar-refractivity contribution >= 4 is 17.4 Å². The van der Waals surface area contributed by atoms with Gasteiger partial charge >= 0.3 is 0 Å². The Morgan fingerprint density at radius 3 is 2.63 bits per heavy atom. The first-order valence-electron chi connectivity index (χ1n) is 6.83. The second kappa shape index (κ2) is 5.30. The lowest BCUT2D eigenvalue weighted by atomic mass is 10.00. The van der Waals surface area contributed by atoms with Crippen molar-refractivity contribution in [2.75, 3.05) is 11.1 Å². The molecule has 0 fully saturated rings. The second-order valence-corrected chi connectivity index (χ2v) is 6.35. The molecule has 0 spiro atoms. The van der Waals surface area contributed by atoms with Crippen LogP contribution >= 0.6 is 11.8 Å². The van der Waals surface area contributed by atoms with Crippen molar-refractivity contribution in [1.82, 2.24) is 0 Å². The van der Waals surface area contributed by atoms with Crippen LogP contribution in [-0.2, 0) is 0 Å². The van der Waals surface area contributed by atoms with Crippen LogP contribution in [0.25, 0.3) is 0 Å². The van der Waals surface area contributed by atoms with Gasteiger partial charge in [0.15, 0.2) is 0 Å². The SMILES string of the molecule is CC(C)c1ccccc1NC1CSc2ccccc21. The van der Waals surface area contributed by atoms with E-state index in [0.29, 0.717) is 12.0 Å². The third-order valence-electron chi connectivity index (χ3n) is 3.61. The summed E-state index contributed by atoms with van der Waals surface area (Å²) in [4.78, 5) is 1.42. The van der Waals surface area contributed by atoms with Crippen LogP contribution in [0.1, 0.15) is 36.9 Å². The molecule has 19 heavy (non-hydrogen) atoms. The minimum Gasteiger partial charge on any atom is -0.377 e. The molecule has 1 heterocycles. The van der Waals surface area contributed by atoms with Crippen LogP contribution in [0.2, 0.25) is 0 Å². The zero-order chi connectivity index (χ0) is 13.2. The molecule has 0 radical (unpaired) electrons. The number of para-hydroxylation sites is 1. The Kier molecular flexibility index (Phi) is 3.52. The standard InChI is InChI=1S/C17H19NS/c1-12(2)13-7-3-5-9-15(13)18-16-11-19-17-10-6-4-8-14(16)17/h3-10,12,16,18H,11H2,1-2H3. The Morgan fingerprint density at radius 1 is 1.05 bits per heavy atom. The monoisotopic (exact) mass is 269 g/mol. The maximum atomic E-state index is 3.73. The molecule has 1 aliphatic heterocycles. The number of benzene rings is 2. The van der Waals surface area contributed by atoms with E-state index in [0.717, 1.165) is 5.75 Å². The van der Waals surface area contributed by atoms with E-state index >= 15 is 0 Å². The van der Waals surface area contributed by atoms with Crippen molar-refractivity contribution < 1.29 is 0 Å². The fraction of sp³-hybridized carbons (Fsp3) is 0.294. The number of hydrogen-bond acceptors (Lipinski definition) is 2. The summed E-state index contributed by atoms with van der Waals surface area (Å²) < 4.78 is 0. The Labute approximate surface area is 119 Å². The first-order chi connectivity index (χ1) is 9.25.